The Bertz CT molecular complexity index is 1370. The predicted molar refractivity (Wildman–Crippen MR) is 126 cm³/mol. The third kappa shape index (κ3) is 4.80. The molecule has 0 aliphatic rings. The first kappa shape index (κ1) is 22.7. The number of methoxy groups -OCH3 is 2. The Balaban J connectivity index is 1.53. The van der Waals surface area contributed by atoms with Crippen LogP contribution in [0.3, 0.4) is 0 Å². The molecule has 0 aliphatic carbocycles. The van der Waals surface area contributed by atoms with Crippen LogP contribution in [0.1, 0.15) is 32.0 Å². The number of pyridine rings is 2. The summed E-state index contributed by atoms with van der Waals surface area (Å²) in [6.45, 7) is 2.06. The third-order valence-corrected chi connectivity index (χ3v) is 5.33. The lowest BCUT2D eigenvalue weighted by molar-refractivity contribution is 0.0594. The summed E-state index contributed by atoms with van der Waals surface area (Å²) in [5.74, 6) is 1.10. The number of aromatic nitrogens is 2. The molecule has 1 N–H and O–H groups in total. The van der Waals surface area contributed by atoms with Gasteiger partial charge in [-0.05, 0) is 55.0 Å². The second kappa shape index (κ2) is 9.99. The van der Waals surface area contributed by atoms with E-state index in [2.05, 4.69) is 20.0 Å². The van der Waals surface area contributed by atoms with Crippen molar-refractivity contribution in [3.8, 4) is 17.2 Å². The second-order valence-corrected chi connectivity index (χ2v) is 7.45. The summed E-state index contributed by atoms with van der Waals surface area (Å²) in [4.78, 5) is 32.9. The van der Waals surface area contributed by atoms with Crippen molar-refractivity contribution in [1.82, 2.24) is 15.3 Å². The van der Waals surface area contributed by atoms with Gasteiger partial charge in [0, 0.05) is 41.5 Å². The van der Waals surface area contributed by atoms with Gasteiger partial charge in [0.25, 0.3) is 5.91 Å². The molecule has 34 heavy (non-hydrogen) atoms. The topological polar surface area (TPSA) is 99.6 Å². The van der Waals surface area contributed by atoms with Crippen molar-refractivity contribution in [3.63, 3.8) is 0 Å². The maximum atomic E-state index is 12.9. The minimum Gasteiger partial charge on any atom is -0.497 e. The lowest BCUT2D eigenvalue weighted by atomic mass is 10.1. The average molecular weight is 457 g/mol. The highest BCUT2D eigenvalue weighted by Gasteiger charge is 2.15. The predicted octanol–water partition coefficient (Wildman–Crippen LogP) is 4.46. The van der Waals surface area contributed by atoms with Gasteiger partial charge in [-0.1, -0.05) is 6.07 Å². The van der Waals surface area contributed by atoms with E-state index in [1.54, 1.807) is 43.6 Å². The number of carbonyl (C=O) groups is 2. The Morgan fingerprint density at radius 2 is 1.76 bits per heavy atom. The number of nitrogens with zero attached hydrogens (tertiary/aromatic N) is 2. The van der Waals surface area contributed by atoms with Crippen LogP contribution in [0.2, 0.25) is 0 Å². The van der Waals surface area contributed by atoms with Crippen molar-refractivity contribution in [2.45, 2.75) is 13.5 Å². The first-order valence-corrected chi connectivity index (χ1v) is 10.5. The number of carbonyl (C=O) groups excluding carboxylic acids is 2. The van der Waals surface area contributed by atoms with Crippen LogP contribution in [0.25, 0.3) is 10.9 Å². The van der Waals surface area contributed by atoms with Crippen LogP contribution < -0.4 is 14.8 Å². The molecule has 0 saturated carbocycles. The summed E-state index contributed by atoms with van der Waals surface area (Å²) in [6, 6.07) is 16.0. The van der Waals surface area contributed by atoms with Gasteiger partial charge >= 0.3 is 5.97 Å². The molecule has 2 heterocycles. The van der Waals surface area contributed by atoms with Gasteiger partial charge in [0.2, 0.25) is 0 Å². The Kier molecular flexibility index (Phi) is 6.68. The Hall–Kier alpha value is -4.46. The van der Waals surface area contributed by atoms with Gasteiger partial charge in [0.05, 0.1) is 19.7 Å². The van der Waals surface area contributed by atoms with Crippen molar-refractivity contribution >= 4 is 22.8 Å². The summed E-state index contributed by atoms with van der Waals surface area (Å²) in [5, 5.41) is 3.71. The minimum absolute atomic E-state index is 0.183. The molecule has 4 aromatic rings. The molecule has 0 bridgehead atoms. The summed E-state index contributed by atoms with van der Waals surface area (Å²) in [7, 11) is 2.90. The largest absolute Gasteiger partial charge is 0.497 e. The molecule has 1 amide bonds. The zero-order valence-electron chi connectivity index (χ0n) is 19.0. The fraction of sp³-hybridized carbons (Fsp3) is 0.154. The van der Waals surface area contributed by atoms with Gasteiger partial charge in [-0.2, -0.15) is 0 Å². The van der Waals surface area contributed by atoms with Gasteiger partial charge < -0.3 is 19.5 Å². The van der Waals surface area contributed by atoms with E-state index in [1.807, 2.05) is 31.2 Å². The number of rotatable bonds is 7. The molecule has 0 atom stereocenters. The summed E-state index contributed by atoms with van der Waals surface area (Å²) >= 11 is 0. The van der Waals surface area contributed by atoms with Crippen LogP contribution in [-0.4, -0.2) is 36.1 Å². The van der Waals surface area contributed by atoms with Gasteiger partial charge in [-0.3, -0.25) is 9.78 Å². The Morgan fingerprint density at radius 1 is 0.941 bits per heavy atom. The highest BCUT2D eigenvalue weighted by Crippen LogP contribution is 2.33. The van der Waals surface area contributed by atoms with E-state index >= 15 is 0 Å². The lowest BCUT2D eigenvalue weighted by Gasteiger charge is -2.14. The van der Waals surface area contributed by atoms with E-state index in [-0.39, 0.29) is 18.1 Å². The highest BCUT2D eigenvalue weighted by atomic mass is 16.5. The first-order valence-electron chi connectivity index (χ1n) is 10.5. The maximum absolute atomic E-state index is 12.9. The van der Waals surface area contributed by atoms with Crippen LogP contribution >= 0.6 is 0 Å². The summed E-state index contributed by atoms with van der Waals surface area (Å²) in [6.07, 6.45) is 3.17. The molecular formula is C26H23N3O5. The minimum atomic E-state index is -0.532. The molecule has 0 saturated heterocycles. The molecule has 0 unspecified atom stereocenters. The number of ether oxygens (including phenoxy) is 3. The standard InChI is InChI=1S/C26H23N3O5/c1-16-19(25(30)29-15-17-9-11-28-22(13-17)26(31)33-3)5-4-6-23(16)34-24-10-12-27-21-14-18(32-2)7-8-20(21)24/h4-14H,15H2,1-3H3,(H,29,30). The van der Waals surface area contributed by atoms with Crippen molar-refractivity contribution in [3.05, 3.63) is 89.4 Å². The quantitative estimate of drug-likeness (QED) is 0.409. The van der Waals surface area contributed by atoms with Gasteiger partial charge in [0.1, 0.15) is 22.9 Å². The van der Waals surface area contributed by atoms with Crippen LogP contribution in [0.5, 0.6) is 17.2 Å². The van der Waals surface area contributed by atoms with Gasteiger partial charge in [0.15, 0.2) is 0 Å². The van der Waals surface area contributed by atoms with Gasteiger partial charge in [-0.15, -0.1) is 0 Å². The number of nitrogens with one attached hydrogen (secondary N) is 1. The van der Waals surface area contributed by atoms with E-state index in [1.165, 1.54) is 13.3 Å². The Morgan fingerprint density at radius 3 is 2.56 bits per heavy atom. The zero-order chi connectivity index (χ0) is 24.1. The van der Waals surface area contributed by atoms with Crippen molar-refractivity contribution in [2.75, 3.05) is 14.2 Å². The number of benzene rings is 2. The fourth-order valence-electron chi connectivity index (χ4n) is 3.49. The Labute approximate surface area is 196 Å². The van der Waals surface area contributed by atoms with Crippen LogP contribution in [-0.2, 0) is 11.3 Å². The monoisotopic (exact) mass is 457 g/mol. The second-order valence-electron chi connectivity index (χ2n) is 7.45. The fourth-order valence-corrected chi connectivity index (χ4v) is 3.49. The molecule has 8 nitrogen and oxygen atoms in total. The molecule has 0 spiro atoms. The van der Waals surface area contributed by atoms with E-state index in [0.29, 0.717) is 28.4 Å². The van der Waals surface area contributed by atoms with Crippen LogP contribution in [0, 0.1) is 6.92 Å². The highest BCUT2D eigenvalue weighted by molar-refractivity contribution is 5.96. The van der Waals surface area contributed by atoms with Crippen molar-refractivity contribution in [2.24, 2.45) is 0 Å². The SMILES string of the molecule is COC(=O)c1cc(CNC(=O)c2cccc(Oc3ccnc4cc(OC)ccc34)c2C)ccn1. The number of esters is 1. The molecule has 2 aromatic heterocycles. The maximum Gasteiger partial charge on any atom is 0.356 e. The average Bonchev–Trinajstić information content (AvgIpc) is 2.88. The molecule has 8 heteroatoms. The van der Waals surface area contributed by atoms with Gasteiger partial charge in [-0.25, -0.2) is 9.78 Å². The first-order chi connectivity index (χ1) is 16.5. The third-order valence-electron chi connectivity index (χ3n) is 5.33. The molecule has 172 valence electrons. The number of fused-ring (bicyclic) bond motifs is 1. The number of hydrogen-bond acceptors (Lipinski definition) is 7. The van der Waals surface area contributed by atoms with E-state index in [9.17, 15) is 9.59 Å². The summed E-state index contributed by atoms with van der Waals surface area (Å²) < 4.78 is 16.1. The molecular weight excluding hydrogens is 434 g/mol. The number of amides is 1. The van der Waals surface area contributed by atoms with Crippen molar-refractivity contribution in [1.29, 1.82) is 0 Å². The van der Waals surface area contributed by atoms with E-state index < -0.39 is 5.97 Å². The van der Waals surface area contributed by atoms with E-state index in [0.717, 1.165) is 16.5 Å². The molecule has 0 radical (unpaired) electrons. The molecule has 4 rings (SSSR count). The molecule has 0 aliphatic heterocycles. The number of hydrogen-bond donors (Lipinski definition) is 1. The zero-order valence-corrected chi connectivity index (χ0v) is 19.0. The normalized spacial score (nSPS) is 10.6. The lowest BCUT2D eigenvalue weighted by Crippen LogP contribution is -2.24. The van der Waals surface area contributed by atoms with Crippen molar-refractivity contribution < 1.29 is 23.8 Å². The molecule has 0 fully saturated rings. The molecule has 2 aromatic carbocycles. The van der Waals surface area contributed by atoms with Crippen LogP contribution in [0.4, 0.5) is 0 Å². The van der Waals surface area contributed by atoms with Crippen LogP contribution in [0.15, 0.2) is 67.0 Å². The smallest absolute Gasteiger partial charge is 0.356 e. The van der Waals surface area contributed by atoms with E-state index in [4.69, 9.17) is 9.47 Å². The summed E-state index contributed by atoms with van der Waals surface area (Å²) in [5.41, 5.74) is 2.84.